The fourth-order valence-corrected chi connectivity index (χ4v) is 4.49. The Hall–Kier alpha value is -3.58. The van der Waals surface area contributed by atoms with Crippen molar-refractivity contribution in [1.82, 2.24) is 14.2 Å². The Morgan fingerprint density at radius 3 is 2.57 bits per heavy atom. The van der Waals surface area contributed by atoms with Gasteiger partial charge >= 0.3 is 0 Å². The van der Waals surface area contributed by atoms with Crippen LogP contribution in [0.5, 0.6) is 0 Å². The summed E-state index contributed by atoms with van der Waals surface area (Å²) in [6, 6.07) is 22.9. The van der Waals surface area contributed by atoms with Gasteiger partial charge in [-0.1, -0.05) is 60.1 Å². The third-order valence-corrected chi connectivity index (χ3v) is 6.04. The highest BCUT2D eigenvalue weighted by Crippen LogP contribution is 2.29. The lowest BCUT2D eigenvalue weighted by Crippen LogP contribution is -2.22. The van der Waals surface area contributed by atoms with Crippen molar-refractivity contribution >= 4 is 21.6 Å². The molecule has 148 valence electrons. The summed E-state index contributed by atoms with van der Waals surface area (Å²) in [5.41, 5.74) is 1.44. The molecule has 5 rings (SSSR count). The molecule has 1 unspecified atom stereocenters. The van der Waals surface area contributed by atoms with Crippen molar-refractivity contribution in [2.75, 3.05) is 0 Å². The average molecular weight is 417 g/mol. The van der Waals surface area contributed by atoms with Crippen molar-refractivity contribution in [3.8, 4) is 11.5 Å². The van der Waals surface area contributed by atoms with E-state index in [0.29, 0.717) is 23.3 Å². The molecule has 5 nitrogen and oxygen atoms in total. The van der Waals surface area contributed by atoms with Crippen molar-refractivity contribution in [2.45, 2.75) is 12.5 Å². The first kappa shape index (κ1) is 18.4. The Morgan fingerprint density at radius 2 is 1.77 bits per heavy atom. The van der Waals surface area contributed by atoms with Crippen molar-refractivity contribution < 1.29 is 8.81 Å². The van der Waals surface area contributed by atoms with E-state index < -0.39 is 6.04 Å². The van der Waals surface area contributed by atoms with Gasteiger partial charge in [0.2, 0.25) is 11.8 Å². The number of fused-ring (bicyclic) bond motifs is 1. The van der Waals surface area contributed by atoms with Gasteiger partial charge < -0.3 is 4.42 Å². The van der Waals surface area contributed by atoms with E-state index in [2.05, 4.69) is 10.2 Å². The van der Waals surface area contributed by atoms with E-state index in [0.717, 1.165) is 10.3 Å². The van der Waals surface area contributed by atoms with Crippen LogP contribution in [-0.4, -0.2) is 14.2 Å². The van der Waals surface area contributed by atoms with Crippen LogP contribution in [0.2, 0.25) is 0 Å². The predicted octanol–water partition coefficient (Wildman–Crippen LogP) is 5.08. The Morgan fingerprint density at radius 1 is 0.967 bits per heavy atom. The van der Waals surface area contributed by atoms with E-state index in [1.165, 1.54) is 23.7 Å². The molecule has 3 aromatic carbocycles. The molecular formula is C23H16FN3O2S. The molecule has 7 heteroatoms. The molecule has 5 aromatic rings. The Balaban J connectivity index is 1.61. The van der Waals surface area contributed by atoms with Gasteiger partial charge in [0.25, 0.3) is 5.56 Å². The predicted molar refractivity (Wildman–Crippen MR) is 114 cm³/mol. The molecule has 0 fully saturated rings. The molecule has 0 N–H and O–H groups in total. The molecule has 30 heavy (non-hydrogen) atoms. The van der Waals surface area contributed by atoms with Gasteiger partial charge in [-0.3, -0.25) is 8.75 Å². The number of hydrogen-bond donors (Lipinski definition) is 0. The number of nitrogens with zero attached hydrogens (tertiary/aromatic N) is 3. The van der Waals surface area contributed by atoms with E-state index in [-0.39, 0.29) is 17.3 Å². The minimum Gasteiger partial charge on any atom is -0.418 e. The molecule has 0 bridgehead atoms. The van der Waals surface area contributed by atoms with Crippen molar-refractivity contribution in [3.63, 3.8) is 0 Å². The van der Waals surface area contributed by atoms with Gasteiger partial charge in [-0.2, -0.15) is 0 Å². The summed E-state index contributed by atoms with van der Waals surface area (Å²) >= 11 is 1.37. The number of hydrogen-bond acceptors (Lipinski definition) is 5. The zero-order chi connectivity index (χ0) is 20.5. The van der Waals surface area contributed by atoms with Gasteiger partial charge in [-0.25, -0.2) is 4.39 Å². The minimum absolute atomic E-state index is 0.0953. The summed E-state index contributed by atoms with van der Waals surface area (Å²) in [5, 5.41) is 8.98. The molecular weight excluding hydrogens is 401 g/mol. The Kier molecular flexibility index (Phi) is 4.72. The monoisotopic (exact) mass is 417 g/mol. The van der Waals surface area contributed by atoms with E-state index in [4.69, 9.17) is 4.42 Å². The zero-order valence-corrected chi connectivity index (χ0v) is 16.6. The summed E-state index contributed by atoms with van der Waals surface area (Å²) in [7, 11) is 0. The quantitative estimate of drug-likeness (QED) is 0.400. The van der Waals surface area contributed by atoms with E-state index in [9.17, 15) is 9.18 Å². The lowest BCUT2D eigenvalue weighted by molar-refractivity contribution is 0.427. The van der Waals surface area contributed by atoms with Crippen LogP contribution in [-0.2, 0) is 6.42 Å². The van der Waals surface area contributed by atoms with Crippen LogP contribution in [0.3, 0.4) is 0 Å². The summed E-state index contributed by atoms with van der Waals surface area (Å²) in [4.78, 5) is 13.1. The second-order valence-corrected chi connectivity index (χ2v) is 7.90. The molecule has 0 saturated carbocycles. The first-order chi connectivity index (χ1) is 14.7. The topological polar surface area (TPSA) is 60.9 Å². The van der Waals surface area contributed by atoms with Crippen LogP contribution in [0.25, 0.3) is 21.5 Å². The Labute approximate surface area is 175 Å². The van der Waals surface area contributed by atoms with Crippen LogP contribution in [0.15, 0.2) is 88.1 Å². The van der Waals surface area contributed by atoms with Gasteiger partial charge in [0.15, 0.2) is 0 Å². The molecule has 0 aliphatic rings. The molecule has 0 aliphatic heterocycles. The first-order valence-corrected chi connectivity index (χ1v) is 10.2. The summed E-state index contributed by atoms with van der Waals surface area (Å²) in [5.74, 6) is 0.150. The molecule has 0 spiro atoms. The summed E-state index contributed by atoms with van der Waals surface area (Å²) < 4.78 is 22.1. The van der Waals surface area contributed by atoms with Gasteiger partial charge in [0.1, 0.15) is 11.9 Å². The second kappa shape index (κ2) is 7.68. The standard InChI is InChI=1S/C23H16FN3O2S/c24-17-10-6-9-16(14-17)21-25-26-22(29-21)19(13-15-7-2-1-3-8-15)27-23(28)18-11-4-5-12-20(18)30-27/h1-12,14,19H,13H2. The van der Waals surface area contributed by atoms with E-state index in [1.54, 1.807) is 16.1 Å². The van der Waals surface area contributed by atoms with E-state index in [1.807, 2.05) is 54.6 Å². The van der Waals surface area contributed by atoms with Crippen LogP contribution in [0.4, 0.5) is 4.39 Å². The number of benzene rings is 3. The molecule has 0 saturated heterocycles. The highest BCUT2D eigenvalue weighted by molar-refractivity contribution is 7.13. The van der Waals surface area contributed by atoms with Gasteiger partial charge in [0.05, 0.1) is 10.1 Å². The third kappa shape index (κ3) is 3.44. The van der Waals surface area contributed by atoms with Crippen LogP contribution < -0.4 is 5.56 Å². The maximum absolute atomic E-state index is 13.6. The zero-order valence-electron chi connectivity index (χ0n) is 15.7. The van der Waals surface area contributed by atoms with Crippen LogP contribution in [0, 0.1) is 5.82 Å². The maximum Gasteiger partial charge on any atom is 0.269 e. The minimum atomic E-state index is -0.466. The average Bonchev–Trinajstić information content (AvgIpc) is 3.39. The lowest BCUT2D eigenvalue weighted by atomic mass is 10.1. The smallest absolute Gasteiger partial charge is 0.269 e. The second-order valence-electron chi connectivity index (χ2n) is 6.88. The number of rotatable bonds is 5. The molecule has 0 aliphatic carbocycles. The van der Waals surface area contributed by atoms with Crippen molar-refractivity contribution in [1.29, 1.82) is 0 Å². The fourth-order valence-electron chi connectivity index (χ4n) is 3.41. The maximum atomic E-state index is 13.6. The highest BCUT2D eigenvalue weighted by Gasteiger charge is 2.25. The van der Waals surface area contributed by atoms with Gasteiger partial charge in [-0.05, 0) is 35.9 Å². The SMILES string of the molecule is O=c1c2ccccc2sn1C(Cc1ccccc1)c1nnc(-c2cccc(F)c2)o1. The molecule has 2 aromatic heterocycles. The molecule has 1 atom stereocenters. The third-order valence-electron chi connectivity index (χ3n) is 4.87. The van der Waals surface area contributed by atoms with Crippen LogP contribution >= 0.6 is 11.5 Å². The van der Waals surface area contributed by atoms with Crippen molar-refractivity contribution in [3.05, 3.63) is 106 Å². The summed E-state index contributed by atoms with van der Waals surface area (Å²) in [6.45, 7) is 0. The molecule has 0 radical (unpaired) electrons. The number of aromatic nitrogens is 3. The molecule has 2 heterocycles. The van der Waals surface area contributed by atoms with Crippen molar-refractivity contribution in [2.24, 2.45) is 0 Å². The Bertz CT molecular complexity index is 1370. The number of halogens is 1. The van der Waals surface area contributed by atoms with Crippen LogP contribution in [0.1, 0.15) is 17.5 Å². The molecule has 0 amide bonds. The van der Waals surface area contributed by atoms with E-state index >= 15 is 0 Å². The largest absolute Gasteiger partial charge is 0.418 e. The highest BCUT2D eigenvalue weighted by atomic mass is 32.1. The van der Waals surface area contributed by atoms with Gasteiger partial charge in [0, 0.05) is 12.0 Å². The fraction of sp³-hybridized carbons (Fsp3) is 0.0870. The lowest BCUT2D eigenvalue weighted by Gasteiger charge is -2.13. The normalized spacial score (nSPS) is 12.3. The van der Waals surface area contributed by atoms with Gasteiger partial charge in [-0.15, -0.1) is 10.2 Å². The summed E-state index contributed by atoms with van der Waals surface area (Å²) in [6.07, 6.45) is 0.512. The first-order valence-electron chi connectivity index (χ1n) is 9.43.